The van der Waals surface area contributed by atoms with Crippen LogP contribution in [0, 0.1) is 0 Å². The lowest BCUT2D eigenvalue weighted by Crippen LogP contribution is -2.40. The molecule has 41 heavy (non-hydrogen) atoms. The van der Waals surface area contributed by atoms with E-state index in [4.69, 9.17) is 14.2 Å². The number of nitrogens with one attached hydrogen (secondary N) is 1. The number of hydrogen-bond donors (Lipinski definition) is 1. The summed E-state index contributed by atoms with van der Waals surface area (Å²) in [6.07, 6.45) is 3.85. The lowest BCUT2D eigenvalue weighted by atomic mass is 10.1. The van der Waals surface area contributed by atoms with Gasteiger partial charge in [-0.15, -0.1) is 0 Å². The minimum absolute atomic E-state index is 0.257. The van der Waals surface area contributed by atoms with Crippen molar-refractivity contribution in [1.82, 2.24) is 19.2 Å². The van der Waals surface area contributed by atoms with Gasteiger partial charge in [0.1, 0.15) is 24.4 Å². The highest BCUT2D eigenvalue weighted by Crippen LogP contribution is 2.22. The summed E-state index contributed by atoms with van der Waals surface area (Å²) in [7, 11) is -3.52. The molecular weight excluding hydrogens is 544 g/mol. The lowest BCUT2D eigenvalue weighted by Gasteiger charge is -2.26. The zero-order valence-electron chi connectivity index (χ0n) is 22.5. The van der Waals surface area contributed by atoms with Crippen LogP contribution in [0.4, 0.5) is 4.79 Å². The van der Waals surface area contributed by atoms with Crippen LogP contribution in [0.25, 0.3) is 11.3 Å². The predicted molar refractivity (Wildman–Crippen MR) is 153 cm³/mol. The molecule has 0 spiro atoms. The molecule has 0 bridgehead atoms. The van der Waals surface area contributed by atoms with Crippen LogP contribution >= 0.6 is 0 Å². The van der Waals surface area contributed by atoms with E-state index in [1.165, 1.54) is 15.2 Å². The smallest absolute Gasteiger partial charge is 0.326 e. The van der Waals surface area contributed by atoms with E-state index in [1.807, 2.05) is 54.6 Å². The first-order valence-corrected chi connectivity index (χ1v) is 14.8. The molecular formula is C30H32N4O6S. The van der Waals surface area contributed by atoms with Gasteiger partial charge in [-0.05, 0) is 60.5 Å². The molecule has 5 rings (SSSR count). The van der Waals surface area contributed by atoms with Crippen LogP contribution in [0.15, 0.2) is 96.3 Å². The van der Waals surface area contributed by atoms with Gasteiger partial charge in [0.15, 0.2) is 0 Å². The fraction of sp³-hybridized carbons (Fsp3) is 0.267. The number of imidazole rings is 1. The van der Waals surface area contributed by atoms with Crippen molar-refractivity contribution in [3.05, 3.63) is 97.0 Å². The van der Waals surface area contributed by atoms with E-state index in [0.717, 1.165) is 16.9 Å². The number of ether oxygens (including phenoxy) is 3. The first-order chi connectivity index (χ1) is 20.0. The number of para-hydroxylation sites is 1. The van der Waals surface area contributed by atoms with Crippen LogP contribution in [0.1, 0.15) is 12.0 Å². The predicted octanol–water partition coefficient (Wildman–Crippen LogP) is 4.18. The van der Waals surface area contributed by atoms with Gasteiger partial charge in [0.2, 0.25) is 10.0 Å². The van der Waals surface area contributed by atoms with Crippen LogP contribution in [0.2, 0.25) is 0 Å². The molecule has 1 amide bonds. The van der Waals surface area contributed by atoms with Crippen molar-refractivity contribution >= 4 is 16.1 Å². The molecule has 0 aliphatic carbocycles. The molecule has 1 aliphatic rings. The number of amides is 1. The van der Waals surface area contributed by atoms with Crippen molar-refractivity contribution in [2.45, 2.75) is 17.9 Å². The molecule has 1 aliphatic heterocycles. The zero-order valence-corrected chi connectivity index (χ0v) is 23.3. The van der Waals surface area contributed by atoms with Crippen molar-refractivity contribution in [1.29, 1.82) is 0 Å². The van der Waals surface area contributed by atoms with Crippen molar-refractivity contribution in [2.75, 3.05) is 39.5 Å². The summed E-state index contributed by atoms with van der Waals surface area (Å²) in [5, 5.41) is 2.86. The number of carbonyl (C=O) groups excluding carboxylic acids is 1. The fourth-order valence-electron chi connectivity index (χ4n) is 4.23. The molecule has 0 radical (unpaired) electrons. The lowest BCUT2D eigenvalue weighted by molar-refractivity contribution is 0.0730. The topological polar surface area (TPSA) is 112 Å². The summed E-state index contributed by atoms with van der Waals surface area (Å²) >= 11 is 0. The first-order valence-electron chi connectivity index (χ1n) is 13.4. The minimum Gasteiger partial charge on any atom is -0.494 e. The molecule has 0 saturated carbocycles. The normalized spacial score (nSPS) is 14.0. The summed E-state index contributed by atoms with van der Waals surface area (Å²) in [5.74, 6) is 1.47. The van der Waals surface area contributed by atoms with Gasteiger partial charge >= 0.3 is 6.03 Å². The van der Waals surface area contributed by atoms with E-state index in [9.17, 15) is 13.2 Å². The number of hydrogen-bond acceptors (Lipinski definition) is 7. The fourth-order valence-corrected chi connectivity index (χ4v) is 5.64. The minimum atomic E-state index is -3.52. The monoisotopic (exact) mass is 576 g/mol. The summed E-state index contributed by atoms with van der Waals surface area (Å²) in [4.78, 5) is 17.1. The third kappa shape index (κ3) is 7.51. The maximum atomic E-state index is 12.8. The van der Waals surface area contributed by atoms with Crippen LogP contribution in [-0.4, -0.2) is 67.8 Å². The number of benzene rings is 3. The van der Waals surface area contributed by atoms with Crippen LogP contribution in [0.3, 0.4) is 0 Å². The Labute approximate surface area is 239 Å². The molecule has 1 N–H and O–H groups in total. The molecule has 1 fully saturated rings. The van der Waals surface area contributed by atoms with E-state index < -0.39 is 10.0 Å². The van der Waals surface area contributed by atoms with Crippen molar-refractivity contribution in [3.8, 4) is 22.8 Å². The largest absolute Gasteiger partial charge is 0.494 e. The van der Waals surface area contributed by atoms with Crippen LogP contribution in [-0.2, 0) is 21.4 Å². The third-order valence-corrected chi connectivity index (χ3v) is 8.43. The average molecular weight is 577 g/mol. The Morgan fingerprint density at radius 3 is 2.34 bits per heavy atom. The number of sulfonamides is 1. The Kier molecular flexibility index (Phi) is 9.29. The second-order valence-electron chi connectivity index (χ2n) is 9.39. The highest BCUT2D eigenvalue weighted by atomic mass is 32.2. The molecule has 2 heterocycles. The van der Waals surface area contributed by atoms with E-state index in [0.29, 0.717) is 63.9 Å². The highest BCUT2D eigenvalue weighted by molar-refractivity contribution is 7.89. The number of aromatic nitrogens is 2. The Morgan fingerprint density at radius 2 is 1.61 bits per heavy atom. The van der Waals surface area contributed by atoms with E-state index in [2.05, 4.69) is 10.3 Å². The second kappa shape index (κ2) is 13.4. The van der Waals surface area contributed by atoms with Crippen molar-refractivity contribution in [3.63, 3.8) is 0 Å². The number of carbonyl (C=O) groups is 1. The van der Waals surface area contributed by atoms with E-state index in [-0.39, 0.29) is 10.9 Å². The molecule has 3 aromatic carbocycles. The average Bonchev–Trinajstić information content (AvgIpc) is 3.52. The van der Waals surface area contributed by atoms with Gasteiger partial charge in [-0.2, -0.15) is 4.31 Å². The molecule has 0 unspecified atom stereocenters. The Bertz CT molecular complexity index is 1520. The van der Waals surface area contributed by atoms with Gasteiger partial charge in [0, 0.05) is 31.4 Å². The standard InChI is InChI=1S/C30H32N4O6S/c35-30(31-15-4-18-39-26-5-2-1-3-6-26)33-21-29(32-23-33)25-9-11-27(12-10-25)40-22-24-7-13-28(14-8-24)41(36,37)34-16-19-38-20-17-34/h1-3,5-14,21,23H,4,15-20,22H2,(H,31,35). The van der Waals surface area contributed by atoms with Crippen molar-refractivity contribution in [2.24, 2.45) is 0 Å². The summed E-state index contributed by atoms with van der Waals surface area (Å²) in [6, 6.07) is 23.4. The van der Waals surface area contributed by atoms with Gasteiger partial charge in [0.25, 0.3) is 0 Å². The Morgan fingerprint density at radius 1 is 0.902 bits per heavy atom. The van der Waals surface area contributed by atoms with Crippen LogP contribution < -0.4 is 14.8 Å². The number of morpholine rings is 1. The molecule has 11 heteroatoms. The maximum absolute atomic E-state index is 12.8. The summed E-state index contributed by atoms with van der Waals surface area (Å²) < 4.78 is 45.2. The second-order valence-corrected chi connectivity index (χ2v) is 11.3. The van der Waals surface area contributed by atoms with Gasteiger partial charge < -0.3 is 19.5 Å². The highest BCUT2D eigenvalue weighted by Gasteiger charge is 2.26. The van der Waals surface area contributed by atoms with Crippen LogP contribution in [0.5, 0.6) is 11.5 Å². The zero-order chi connectivity index (χ0) is 28.5. The van der Waals surface area contributed by atoms with Gasteiger partial charge in [-0.3, -0.25) is 4.57 Å². The quantitative estimate of drug-likeness (QED) is 0.267. The maximum Gasteiger partial charge on any atom is 0.326 e. The molecule has 214 valence electrons. The van der Waals surface area contributed by atoms with E-state index in [1.54, 1.807) is 30.5 Å². The summed E-state index contributed by atoms with van der Waals surface area (Å²) in [5.41, 5.74) is 2.36. The Hall–Kier alpha value is -4.19. The van der Waals surface area contributed by atoms with Crippen molar-refractivity contribution < 1.29 is 27.4 Å². The third-order valence-electron chi connectivity index (χ3n) is 6.51. The SMILES string of the molecule is O=C(NCCCOc1ccccc1)n1cnc(-c2ccc(OCc3ccc(S(=O)(=O)N4CCOCC4)cc3)cc2)c1. The summed E-state index contributed by atoms with van der Waals surface area (Å²) in [6.45, 7) is 2.83. The first kappa shape index (κ1) is 28.3. The molecule has 4 aromatic rings. The molecule has 0 atom stereocenters. The number of nitrogens with zero attached hydrogens (tertiary/aromatic N) is 3. The molecule has 1 aromatic heterocycles. The molecule has 10 nitrogen and oxygen atoms in total. The van der Waals surface area contributed by atoms with Gasteiger partial charge in [-0.25, -0.2) is 18.2 Å². The van der Waals surface area contributed by atoms with E-state index >= 15 is 0 Å². The van der Waals surface area contributed by atoms with Gasteiger partial charge in [-0.1, -0.05) is 30.3 Å². The number of rotatable bonds is 11. The van der Waals surface area contributed by atoms with Gasteiger partial charge in [0.05, 0.1) is 30.4 Å². The molecule has 1 saturated heterocycles. The Balaban J connectivity index is 1.08.